The number of nitrogens with zero attached hydrogens (tertiary/aromatic N) is 2. The van der Waals surface area contributed by atoms with Crippen LogP contribution in [0.1, 0.15) is 31.9 Å². The highest BCUT2D eigenvalue weighted by molar-refractivity contribution is 9.10. The van der Waals surface area contributed by atoms with Crippen molar-refractivity contribution in [3.8, 4) is 11.5 Å². The summed E-state index contributed by atoms with van der Waals surface area (Å²) in [6.45, 7) is 7.47. The number of hydrogen-bond donors (Lipinski definition) is 1. The minimum absolute atomic E-state index is 0.0226. The molecule has 0 fully saturated rings. The number of rotatable bonds is 13. The Hall–Kier alpha value is -3.57. The molecule has 1 N–H and O–H groups in total. The molecule has 11 heteroatoms. The first kappa shape index (κ1) is 32.9. The van der Waals surface area contributed by atoms with Crippen molar-refractivity contribution in [2.24, 2.45) is 5.92 Å². The second-order valence-corrected chi connectivity index (χ2v) is 13.0. The molecule has 0 saturated carbocycles. The number of halogens is 1. The van der Waals surface area contributed by atoms with Crippen molar-refractivity contribution in [1.29, 1.82) is 0 Å². The van der Waals surface area contributed by atoms with Gasteiger partial charge in [0, 0.05) is 13.1 Å². The smallest absolute Gasteiger partial charge is 0.264 e. The Morgan fingerprint density at radius 1 is 0.952 bits per heavy atom. The Bertz CT molecular complexity index is 1490. The summed E-state index contributed by atoms with van der Waals surface area (Å²) in [5, 5.41) is 2.88. The van der Waals surface area contributed by atoms with Gasteiger partial charge in [0.05, 0.1) is 29.3 Å². The van der Waals surface area contributed by atoms with Crippen molar-refractivity contribution < 1.29 is 27.5 Å². The fraction of sp³-hybridized carbons (Fsp3) is 0.355. The van der Waals surface area contributed by atoms with E-state index >= 15 is 0 Å². The second kappa shape index (κ2) is 14.6. The predicted molar refractivity (Wildman–Crippen MR) is 167 cm³/mol. The largest absolute Gasteiger partial charge is 0.497 e. The molecule has 2 amide bonds. The Morgan fingerprint density at radius 2 is 1.64 bits per heavy atom. The van der Waals surface area contributed by atoms with Crippen LogP contribution in [-0.2, 0) is 26.2 Å². The quantitative estimate of drug-likeness (QED) is 0.272. The van der Waals surface area contributed by atoms with Crippen molar-refractivity contribution in [2.45, 2.75) is 45.2 Å². The highest BCUT2D eigenvalue weighted by Crippen LogP contribution is 2.31. The van der Waals surface area contributed by atoms with E-state index in [2.05, 4.69) is 21.2 Å². The van der Waals surface area contributed by atoms with Crippen LogP contribution in [0.4, 0.5) is 5.69 Å². The third kappa shape index (κ3) is 8.25. The molecule has 3 aromatic carbocycles. The minimum atomic E-state index is -4.21. The second-order valence-electron chi connectivity index (χ2n) is 10.3. The van der Waals surface area contributed by atoms with Gasteiger partial charge in [0.15, 0.2) is 0 Å². The Kier molecular flexibility index (Phi) is 11.4. The molecule has 0 radical (unpaired) electrons. The van der Waals surface area contributed by atoms with Gasteiger partial charge in [0.25, 0.3) is 10.0 Å². The molecule has 3 aromatic rings. The first-order valence-corrected chi connectivity index (χ1v) is 15.7. The van der Waals surface area contributed by atoms with E-state index in [1.54, 1.807) is 62.6 Å². The number of hydrogen-bond acceptors (Lipinski definition) is 6. The topological polar surface area (TPSA) is 105 Å². The standard InChI is InChI=1S/C31H38BrN3O6S/c1-21(2)18-33-31(37)23(4)34(19-24-8-7-9-26(16-24)40-5)30(36)20-35(25-12-10-22(3)11-13-25)42(38,39)27-14-15-29(41-6)28(32)17-27/h7-17,21,23H,18-20H2,1-6H3,(H,33,37)/t23-/m0/s1. The molecular weight excluding hydrogens is 622 g/mol. The zero-order valence-corrected chi connectivity index (χ0v) is 27.2. The summed E-state index contributed by atoms with van der Waals surface area (Å²) in [6.07, 6.45) is 0. The molecule has 0 bridgehead atoms. The zero-order chi connectivity index (χ0) is 31.0. The van der Waals surface area contributed by atoms with E-state index in [1.807, 2.05) is 26.8 Å². The number of anilines is 1. The Morgan fingerprint density at radius 3 is 2.24 bits per heavy atom. The van der Waals surface area contributed by atoms with Gasteiger partial charge in [-0.1, -0.05) is 43.7 Å². The van der Waals surface area contributed by atoms with Crippen LogP contribution in [0.2, 0.25) is 0 Å². The average molecular weight is 661 g/mol. The normalized spacial score (nSPS) is 12.0. The van der Waals surface area contributed by atoms with Gasteiger partial charge < -0.3 is 19.7 Å². The molecular formula is C31H38BrN3O6S. The van der Waals surface area contributed by atoms with E-state index in [0.29, 0.717) is 28.2 Å². The molecule has 0 spiro atoms. The molecule has 9 nitrogen and oxygen atoms in total. The maximum absolute atomic E-state index is 14.1. The van der Waals surface area contributed by atoms with Crippen LogP contribution in [0.15, 0.2) is 76.1 Å². The highest BCUT2D eigenvalue weighted by Gasteiger charge is 2.33. The lowest BCUT2D eigenvalue weighted by Gasteiger charge is -2.32. The first-order valence-electron chi connectivity index (χ1n) is 13.5. The number of nitrogens with one attached hydrogen (secondary N) is 1. The Labute approximate surface area is 257 Å². The third-order valence-electron chi connectivity index (χ3n) is 6.65. The molecule has 0 unspecified atom stereocenters. The molecule has 0 aliphatic heterocycles. The van der Waals surface area contributed by atoms with Crippen LogP contribution in [0.25, 0.3) is 0 Å². The van der Waals surface area contributed by atoms with Crippen LogP contribution in [0, 0.1) is 12.8 Å². The molecule has 0 aromatic heterocycles. The Balaban J connectivity index is 2.04. The average Bonchev–Trinajstić information content (AvgIpc) is 2.97. The van der Waals surface area contributed by atoms with Crippen LogP contribution < -0.4 is 19.1 Å². The van der Waals surface area contributed by atoms with Crippen molar-refractivity contribution in [3.63, 3.8) is 0 Å². The molecule has 0 heterocycles. The van der Waals surface area contributed by atoms with Gasteiger partial charge in [0.2, 0.25) is 11.8 Å². The van der Waals surface area contributed by atoms with E-state index in [0.717, 1.165) is 15.4 Å². The molecule has 226 valence electrons. The lowest BCUT2D eigenvalue weighted by Crippen LogP contribution is -2.51. The van der Waals surface area contributed by atoms with E-state index < -0.39 is 28.5 Å². The first-order chi connectivity index (χ1) is 19.9. The number of ether oxygens (including phenoxy) is 2. The lowest BCUT2D eigenvalue weighted by atomic mass is 10.1. The van der Waals surface area contributed by atoms with Gasteiger partial charge in [-0.2, -0.15) is 0 Å². The summed E-state index contributed by atoms with van der Waals surface area (Å²) < 4.78 is 40.2. The predicted octanol–water partition coefficient (Wildman–Crippen LogP) is 5.16. The number of sulfonamides is 1. The molecule has 0 saturated heterocycles. The number of methoxy groups -OCH3 is 2. The van der Waals surface area contributed by atoms with E-state index in [9.17, 15) is 18.0 Å². The van der Waals surface area contributed by atoms with Gasteiger partial charge >= 0.3 is 0 Å². The maximum atomic E-state index is 14.1. The summed E-state index contributed by atoms with van der Waals surface area (Å²) in [4.78, 5) is 28.6. The minimum Gasteiger partial charge on any atom is -0.497 e. The van der Waals surface area contributed by atoms with E-state index in [4.69, 9.17) is 9.47 Å². The summed E-state index contributed by atoms with van der Waals surface area (Å²) in [5.41, 5.74) is 1.99. The van der Waals surface area contributed by atoms with E-state index in [-0.39, 0.29) is 23.3 Å². The summed E-state index contributed by atoms with van der Waals surface area (Å²) in [7, 11) is -1.18. The van der Waals surface area contributed by atoms with Crippen molar-refractivity contribution in [3.05, 3.63) is 82.3 Å². The van der Waals surface area contributed by atoms with E-state index in [1.165, 1.54) is 24.1 Å². The van der Waals surface area contributed by atoms with Crippen LogP contribution in [0.3, 0.4) is 0 Å². The summed E-state index contributed by atoms with van der Waals surface area (Å²) >= 11 is 3.36. The SMILES string of the molecule is COc1cccc(CN(C(=O)CN(c2ccc(C)cc2)S(=O)(=O)c2ccc(OC)c(Br)c2)[C@@H](C)C(=O)NCC(C)C)c1. The van der Waals surface area contributed by atoms with Crippen LogP contribution >= 0.6 is 15.9 Å². The monoisotopic (exact) mass is 659 g/mol. The van der Waals surface area contributed by atoms with Crippen molar-refractivity contribution in [2.75, 3.05) is 31.6 Å². The van der Waals surface area contributed by atoms with Crippen molar-refractivity contribution >= 4 is 43.5 Å². The number of carbonyl (C=O) groups excluding carboxylic acids is 2. The highest BCUT2D eigenvalue weighted by atomic mass is 79.9. The fourth-order valence-electron chi connectivity index (χ4n) is 4.18. The molecule has 1 atom stereocenters. The molecule has 42 heavy (non-hydrogen) atoms. The molecule has 3 rings (SSSR count). The summed E-state index contributed by atoms with van der Waals surface area (Å²) in [6, 6.07) is 17.6. The van der Waals surface area contributed by atoms with Gasteiger partial charge in [-0.3, -0.25) is 13.9 Å². The summed E-state index contributed by atoms with van der Waals surface area (Å²) in [5.74, 6) is 0.420. The van der Waals surface area contributed by atoms with Gasteiger partial charge in [-0.15, -0.1) is 0 Å². The zero-order valence-electron chi connectivity index (χ0n) is 24.8. The van der Waals surface area contributed by atoms with Gasteiger partial charge in [0.1, 0.15) is 24.1 Å². The number of carbonyl (C=O) groups is 2. The van der Waals surface area contributed by atoms with Gasteiger partial charge in [-0.25, -0.2) is 8.42 Å². The fourth-order valence-corrected chi connectivity index (χ4v) is 6.31. The molecule has 0 aliphatic rings. The van der Waals surface area contributed by atoms with Crippen LogP contribution in [-0.4, -0.2) is 58.5 Å². The lowest BCUT2D eigenvalue weighted by molar-refractivity contribution is -0.139. The third-order valence-corrected chi connectivity index (χ3v) is 9.04. The molecule has 0 aliphatic carbocycles. The van der Waals surface area contributed by atoms with Crippen LogP contribution in [0.5, 0.6) is 11.5 Å². The number of amides is 2. The van der Waals surface area contributed by atoms with Gasteiger partial charge in [-0.05, 0) is 83.7 Å². The van der Waals surface area contributed by atoms with Crippen molar-refractivity contribution in [1.82, 2.24) is 10.2 Å². The number of aryl methyl sites for hydroxylation is 1. The number of benzene rings is 3. The maximum Gasteiger partial charge on any atom is 0.264 e.